The van der Waals surface area contributed by atoms with E-state index >= 15 is 0 Å². The van der Waals surface area contributed by atoms with Crippen molar-refractivity contribution < 1.29 is 32.0 Å². The molecule has 0 spiro atoms. The fourth-order valence-corrected chi connectivity index (χ4v) is 1.82. The maximum absolute atomic E-state index is 11.5. The van der Waals surface area contributed by atoms with Crippen LogP contribution in [0, 0.1) is 0 Å². The number of primary amides is 1. The summed E-state index contributed by atoms with van der Waals surface area (Å²) in [4.78, 5) is 21.9. The number of nitrogens with two attached hydrogens (primary N) is 1. The summed E-state index contributed by atoms with van der Waals surface area (Å²) in [5.74, 6) is -2.22. The topological polar surface area (TPSA) is 145 Å². The van der Waals surface area contributed by atoms with Crippen LogP contribution in [0.2, 0.25) is 0 Å². The smallest absolute Gasteiger partial charge is 0.375 e. The van der Waals surface area contributed by atoms with Gasteiger partial charge in [-0.2, -0.15) is 8.42 Å². The number of nitrogens with one attached hydrogen (secondary N) is 1. The van der Waals surface area contributed by atoms with E-state index in [0.29, 0.717) is 5.57 Å². The van der Waals surface area contributed by atoms with Crippen LogP contribution in [0.4, 0.5) is 4.79 Å². The summed E-state index contributed by atoms with van der Waals surface area (Å²) in [6, 6.07) is -1.50. The summed E-state index contributed by atoms with van der Waals surface area (Å²) < 4.78 is 39.7. The number of hydrogen-bond acceptors (Lipinski definition) is 7. The molecule has 0 rings (SSSR count). The second-order valence-corrected chi connectivity index (χ2v) is 5.62. The van der Waals surface area contributed by atoms with Crippen LogP contribution in [0.3, 0.4) is 0 Å². The maximum Gasteiger partial charge on any atom is 0.412 e. The van der Waals surface area contributed by atoms with Gasteiger partial charge in [-0.25, -0.2) is 9.59 Å². The van der Waals surface area contributed by atoms with E-state index in [-0.39, 0.29) is 6.61 Å². The summed E-state index contributed by atoms with van der Waals surface area (Å²) in [5.41, 5.74) is 5.37. The normalized spacial score (nSPS) is 14.3. The van der Waals surface area contributed by atoms with Crippen LogP contribution in [0.15, 0.2) is 12.2 Å². The Hall–Kier alpha value is -1.49. The Morgan fingerprint density at radius 1 is 1.45 bits per heavy atom. The molecule has 0 aromatic heterocycles. The van der Waals surface area contributed by atoms with E-state index in [9.17, 15) is 18.0 Å². The van der Waals surface area contributed by atoms with Crippen molar-refractivity contribution in [3.05, 3.63) is 12.2 Å². The second-order valence-electron chi connectivity index (χ2n) is 4.12. The predicted molar refractivity (Wildman–Crippen MR) is 69.2 cm³/mol. The van der Waals surface area contributed by atoms with Gasteiger partial charge in [-0.05, 0) is 13.8 Å². The molecule has 0 heterocycles. The van der Waals surface area contributed by atoms with Gasteiger partial charge in [-0.1, -0.05) is 12.2 Å². The van der Waals surface area contributed by atoms with Gasteiger partial charge in [-0.15, -0.1) is 0 Å². The molecule has 0 aliphatic carbocycles. The molecule has 9 nitrogen and oxygen atoms in total. The minimum Gasteiger partial charge on any atom is -0.375 e. The fraction of sp³-hybridized carbons (Fsp3) is 0.600. The van der Waals surface area contributed by atoms with Crippen molar-refractivity contribution in [2.75, 3.05) is 12.4 Å². The number of hydrogen-bond donors (Lipinski definition) is 3. The van der Waals surface area contributed by atoms with Crippen molar-refractivity contribution >= 4 is 22.2 Å². The van der Waals surface area contributed by atoms with Crippen molar-refractivity contribution in [3.63, 3.8) is 0 Å². The van der Waals surface area contributed by atoms with Gasteiger partial charge in [0.15, 0.2) is 0 Å². The lowest BCUT2D eigenvalue weighted by Gasteiger charge is -2.20. The molecule has 0 bridgehead atoms. The average molecular weight is 310 g/mol. The van der Waals surface area contributed by atoms with E-state index in [1.807, 2.05) is 0 Å². The Labute approximate surface area is 116 Å². The molecule has 0 fully saturated rings. The lowest BCUT2D eigenvalue weighted by molar-refractivity contribution is -0.140. The van der Waals surface area contributed by atoms with Gasteiger partial charge < -0.3 is 15.2 Å². The second kappa shape index (κ2) is 7.94. The third-order valence-corrected chi connectivity index (χ3v) is 2.63. The fourth-order valence-electron chi connectivity index (χ4n) is 1.16. The first-order chi connectivity index (χ1) is 9.01. The van der Waals surface area contributed by atoms with Crippen molar-refractivity contribution in [2.45, 2.75) is 26.1 Å². The van der Waals surface area contributed by atoms with Gasteiger partial charge in [0.05, 0.1) is 6.61 Å². The summed E-state index contributed by atoms with van der Waals surface area (Å²) in [7, 11) is -4.47. The molecule has 2 atom stereocenters. The maximum atomic E-state index is 11.5. The van der Waals surface area contributed by atoms with E-state index in [4.69, 9.17) is 9.29 Å². The van der Waals surface area contributed by atoms with E-state index in [2.05, 4.69) is 22.4 Å². The third kappa shape index (κ3) is 9.44. The highest BCUT2D eigenvalue weighted by molar-refractivity contribution is 7.85. The van der Waals surface area contributed by atoms with Crippen molar-refractivity contribution in [3.8, 4) is 0 Å². The lowest BCUT2D eigenvalue weighted by atomic mass is 10.3. The van der Waals surface area contributed by atoms with E-state index in [1.54, 1.807) is 6.92 Å². The Morgan fingerprint density at radius 2 is 2.00 bits per heavy atom. The molecule has 0 radical (unpaired) electrons. The number of rotatable bonds is 8. The lowest BCUT2D eigenvalue weighted by Crippen LogP contribution is -2.49. The van der Waals surface area contributed by atoms with E-state index in [0.717, 1.165) is 0 Å². The van der Waals surface area contributed by atoms with Gasteiger partial charge in [-0.3, -0.25) is 9.87 Å². The number of esters is 1. The SMILES string of the molecule is C=C(C)COC(C)NC(CS(=O)(=O)O)C(=O)OC(N)=O. The molecular weight excluding hydrogens is 292 g/mol. The molecule has 0 saturated carbocycles. The molecule has 0 aromatic carbocycles. The van der Waals surface area contributed by atoms with E-state index < -0.39 is 40.2 Å². The Kier molecular flexibility index (Phi) is 7.35. The first-order valence-corrected chi connectivity index (χ1v) is 7.10. The minimum absolute atomic E-state index is 0.178. The average Bonchev–Trinajstić information content (AvgIpc) is 2.22. The van der Waals surface area contributed by atoms with Crippen molar-refractivity contribution in [1.82, 2.24) is 5.32 Å². The number of ether oxygens (including phenoxy) is 2. The van der Waals surface area contributed by atoms with Crippen LogP contribution in [0.1, 0.15) is 13.8 Å². The highest BCUT2D eigenvalue weighted by Gasteiger charge is 2.28. The predicted octanol–water partition coefficient (Wildman–Crippen LogP) is -0.607. The molecule has 0 aromatic rings. The molecule has 10 heteroatoms. The summed E-state index contributed by atoms with van der Waals surface area (Å²) in [5, 5.41) is 2.45. The van der Waals surface area contributed by atoms with Crippen LogP contribution < -0.4 is 11.1 Å². The molecular formula is C10H18N2O7S. The Bertz CT molecular complexity index is 474. The van der Waals surface area contributed by atoms with Crippen LogP contribution in [-0.2, 0) is 24.4 Å². The molecule has 4 N–H and O–H groups in total. The van der Waals surface area contributed by atoms with Crippen LogP contribution in [0.25, 0.3) is 0 Å². The number of carbonyl (C=O) groups is 2. The van der Waals surface area contributed by atoms with Gasteiger partial charge >= 0.3 is 12.1 Å². The summed E-state index contributed by atoms with van der Waals surface area (Å²) in [6.45, 7) is 6.99. The Morgan fingerprint density at radius 3 is 2.40 bits per heavy atom. The molecule has 2 unspecified atom stereocenters. The van der Waals surface area contributed by atoms with Gasteiger partial charge in [0.25, 0.3) is 10.1 Å². The first kappa shape index (κ1) is 18.5. The first-order valence-electron chi connectivity index (χ1n) is 5.49. The standard InChI is InChI=1S/C10H18N2O7S/c1-6(2)4-18-7(3)12-8(5-20(15,16)17)9(13)19-10(11)14/h7-8,12H,1,4-5H2,2-3H3,(H2,11,14)(H,15,16,17). The van der Waals surface area contributed by atoms with Gasteiger partial charge in [0, 0.05) is 0 Å². The van der Waals surface area contributed by atoms with Crippen LogP contribution in [-0.4, -0.2) is 49.7 Å². The zero-order chi connectivity index (χ0) is 15.9. The Balaban J connectivity index is 4.72. The highest BCUT2D eigenvalue weighted by atomic mass is 32.2. The number of amides is 1. The molecule has 1 amide bonds. The van der Waals surface area contributed by atoms with E-state index in [1.165, 1.54) is 6.92 Å². The molecule has 0 aliphatic heterocycles. The zero-order valence-corrected chi connectivity index (χ0v) is 12.0. The molecule has 0 saturated heterocycles. The largest absolute Gasteiger partial charge is 0.412 e. The summed E-state index contributed by atoms with van der Waals surface area (Å²) in [6.07, 6.45) is -2.13. The van der Waals surface area contributed by atoms with Crippen molar-refractivity contribution in [1.29, 1.82) is 0 Å². The monoisotopic (exact) mass is 310 g/mol. The third-order valence-electron chi connectivity index (χ3n) is 1.88. The quantitative estimate of drug-likeness (QED) is 0.177. The van der Waals surface area contributed by atoms with Gasteiger partial charge in [0.1, 0.15) is 18.0 Å². The molecule has 116 valence electrons. The van der Waals surface area contributed by atoms with Crippen molar-refractivity contribution in [2.24, 2.45) is 5.73 Å². The van der Waals surface area contributed by atoms with Gasteiger partial charge in [0.2, 0.25) is 0 Å². The van der Waals surface area contributed by atoms with Crippen LogP contribution >= 0.6 is 0 Å². The minimum atomic E-state index is -4.47. The highest BCUT2D eigenvalue weighted by Crippen LogP contribution is 2.00. The number of carbonyl (C=O) groups excluding carboxylic acids is 2. The van der Waals surface area contributed by atoms with Crippen LogP contribution in [0.5, 0.6) is 0 Å². The molecule has 20 heavy (non-hydrogen) atoms. The summed E-state index contributed by atoms with van der Waals surface area (Å²) >= 11 is 0. The molecule has 0 aliphatic rings. The zero-order valence-electron chi connectivity index (χ0n) is 11.2.